The number of carbonyl (C=O) groups excluding carboxylic acids is 1. The Labute approximate surface area is 123 Å². The number of aliphatic carboxylic acids is 1. The van der Waals surface area contributed by atoms with Crippen LogP contribution in [0, 0.1) is 0 Å². The van der Waals surface area contributed by atoms with Crippen LogP contribution in [0.15, 0.2) is 30.3 Å². The second-order valence-electron chi connectivity index (χ2n) is 5.32. The summed E-state index contributed by atoms with van der Waals surface area (Å²) in [5.41, 5.74) is -0.182. The van der Waals surface area contributed by atoms with Crippen molar-refractivity contribution in [1.82, 2.24) is 5.32 Å². The smallest absolute Gasteiger partial charge is 0.408 e. The highest BCUT2D eigenvalue weighted by molar-refractivity contribution is 5.75. The Bertz CT molecular complexity index is 486. The van der Waals surface area contributed by atoms with E-state index in [9.17, 15) is 14.7 Å². The van der Waals surface area contributed by atoms with Gasteiger partial charge in [-0.05, 0) is 25.8 Å². The molecule has 0 unspecified atom stereocenters. The van der Waals surface area contributed by atoms with Gasteiger partial charge >= 0.3 is 12.1 Å². The van der Waals surface area contributed by atoms with Crippen molar-refractivity contribution in [2.75, 3.05) is 0 Å². The zero-order chi connectivity index (χ0) is 16.0. The topological polar surface area (TPSA) is 95.9 Å². The molecule has 0 radical (unpaired) electrons. The number of carbonyl (C=O) groups is 2. The van der Waals surface area contributed by atoms with Gasteiger partial charge in [-0.25, -0.2) is 9.59 Å². The lowest BCUT2D eigenvalue weighted by molar-refractivity contribution is -0.148. The van der Waals surface area contributed by atoms with Crippen LogP contribution in [0.25, 0.3) is 0 Å². The predicted octanol–water partition coefficient (Wildman–Crippen LogP) is 2.09. The standard InChI is InChI=1S/C15H21NO5/c1-4-15(2,3)21-14(20)16-11(12(17)13(18)19)10-8-6-5-7-9-10/h5-9,11-12,17H,4H2,1-3H3,(H,16,20)(H,18,19)/t11-,12+/m0/s1. The summed E-state index contributed by atoms with van der Waals surface area (Å²) in [6.07, 6.45) is -1.92. The van der Waals surface area contributed by atoms with Crippen molar-refractivity contribution in [2.45, 2.75) is 44.9 Å². The maximum atomic E-state index is 11.9. The number of ether oxygens (including phenoxy) is 1. The Morgan fingerprint density at radius 3 is 2.33 bits per heavy atom. The van der Waals surface area contributed by atoms with E-state index in [0.717, 1.165) is 0 Å². The predicted molar refractivity (Wildman–Crippen MR) is 76.8 cm³/mol. The fraction of sp³-hybridized carbons (Fsp3) is 0.467. The van der Waals surface area contributed by atoms with Gasteiger partial charge in [0.2, 0.25) is 0 Å². The first-order chi connectivity index (χ1) is 9.76. The molecule has 0 fully saturated rings. The summed E-state index contributed by atoms with van der Waals surface area (Å²) in [5, 5.41) is 21.2. The van der Waals surface area contributed by atoms with Crippen LogP contribution in [0.2, 0.25) is 0 Å². The Kier molecular flexibility index (Phi) is 5.72. The van der Waals surface area contributed by atoms with Gasteiger partial charge in [0.1, 0.15) is 5.60 Å². The molecule has 0 saturated carbocycles. The largest absolute Gasteiger partial charge is 0.479 e. The fourth-order valence-corrected chi connectivity index (χ4v) is 1.63. The number of hydrogen-bond donors (Lipinski definition) is 3. The normalized spacial score (nSPS) is 14.1. The molecule has 6 heteroatoms. The van der Waals surface area contributed by atoms with E-state index in [4.69, 9.17) is 9.84 Å². The molecule has 2 atom stereocenters. The highest BCUT2D eigenvalue weighted by Gasteiger charge is 2.30. The number of hydrogen-bond acceptors (Lipinski definition) is 4. The Balaban J connectivity index is 2.89. The maximum absolute atomic E-state index is 11.9. The van der Waals surface area contributed by atoms with Crippen molar-refractivity contribution in [1.29, 1.82) is 0 Å². The monoisotopic (exact) mass is 295 g/mol. The third-order valence-corrected chi connectivity index (χ3v) is 3.22. The summed E-state index contributed by atoms with van der Waals surface area (Å²) in [7, 11) is 0. The first-order valence-electron chi connectivity index (χ1n) is 6.72. The molecule has 21 heavy (non-hydrogen) atoms. The molecule has 0 aromatic heterocycles. The molecule has 116 valence electrons. The molecule has 0 aliphatic heterocycles. The molecule has 1 aromatic rings. The summed E-state index contributed by atoms with van der Waals surface area (Å²) in [6.45, 7) is 5.36. The molecule has 0 aliphatic carbocycles. The number of carboxylic acid groups (broad SMARTS) is 1. The van der Waals surface area contributed by atoms with Gasteiger partial charge < -0.3 is 20.3 Å². The van der Waals surface area contributed by atoms with E-state index in [1.165, 1.54) is 0 Å². The third-order valence-electron chi connectivity index (χ3n) is 3.22. The van der Waals surface area contributed by atoms with Gasteiger partial charge in [0.25, 0.3) is 0 Å². The Morgan fingerprint density at radius 1 is 1.29 bits per heavy atom. The molecular formula is C15H21NO5. The molecule has 0 bridgehead atoms. The van der Waals surface area contributed by atoms with Gasteiger partial charge in [0.15, 0.2) is 6.10 Å². The minimum atomic E-state index is -1.76. The van der Waals surface area contributed by atoms with E-state index in [-0.39, 0.29) is 0 Å². The van der Waals surface area contributed by atoms with Crippen LogP contribution in [0.5, 0.6) is 0 Å². The Hall–Kier alpha value is -2.08. The van der Waals surface area contributed by atoms with Crippen molar-refractivity contribution < 1.29 is 24.5 Å². The van der Waals surface area contributed by atoms with Crippen molar-refractivity contribution in [3.8, 4) is 0 Å². The van der Waals surface area contributed by atoms with E-state index in [1.807, 2.05) is 6.92 Å². The van der Waals surface area contributed by atoms with Gasteiger partial charge in [-0.2, -0.15) is 0 Å². The fourth-order valence-electron chi connectivity index (χ4n) is 1.63. The number of rotatable bonds is 6. The molecule has 0 heterocycles. The lowest BCUT2D eigenvalue weighted by Crippen LogP contribution is -2.43. The van der Waals surface area contributed by atoms with E-state index in [1.54, 1.807) is 44.2 Å². The summed E-state index contributed by atoms with van der Waals surface area (Å²) in [6, 6.07) is 7.32. The van der Waals surface area contributed by atoms with E-state index in [0.29, 0.717) is 12.0 Å². The van der Waals surface area contributed by atoms with Crippen LogP contribution in [0.1, 0.15) is 38.8 Å². The summed E-state index contributed by atoms with van der Waals surface area (Å²) < 4.78 is 5.21. The molecule has 0 aliphatic rings. The summed E-state index contributed by atoms with van der Waals surface area (Å²) in [5.74, 6) is -1.42. The van der Waals surface area contributed by atoms with Gasteiger partial charge in [-0.1, -0.05) is 37.3 Å². The number of nitrogens with one attached hydrogen (secondary N) is 1. The summed E-state index contributed by atoms with van der Waals surface area (Å²) in [4.78, 5) is 22.9. The van der Waals surface area contributed by atoms with Crippen molar-refractivity contribution in [2.24, 2.45) is 0 Å². The number of aliphatic hydroxyl groups is 1. The second-order valence-corrected chi connectivity index (χ2v) is 5.32. The Morgan fingerprint density at radius 2 is 1.86 bits per heavy atom. The molecule has 6 nitrogen and oxygen atoms in total. The van der Waals surface area contributed by atoms with Crippen LogP contribution in [0.3, 0.4) is 0 Å². The van der Waals surface area contributed by atoms with Crippen LogP contribution >= 0.6 is 0 Å². The first-order valence-corrected chi connectivity index (χ1v) is 6.72. The second kappa shape index (κ2) is 7.08. The van der Waals surface area contributed by atoms with E-state index >= 15 is 0 Å². The molecule has 1 aromatic carbocycles. The van der Waals surface area contributed by atoms with Crippen molar-refractivity contribution in [3.05, 3.63) is 35.9 Å². The quantitative estimate of drug-likeness (QED) is 0.747. The number of aliphatic hydroxyl groups excluding tert-OH is 1. The average Bonchev–Trinajstić information content (AvgIpc) is 2.44. The zero-order valence-corrected chi connectivity index (χ0v) is 12.4. The van der Waals surface area contributed by atoms with Crippen molar-refractivity contribution >= 4 is 12.1 Å². The lowest BCUT2D eigenvalue weighted by atomic mass is 10.0. The summed E-state index contributed by atoms with van der Waals surface area (Å²) >= 11 is 0. The van der Waals surface area contributed by atoms with E-state index in [2.05, 4.69) is 5.32 Å². The van der Waals surface area contributed by atoms with Crippen LogP contribution in [0.4, 0.5) is 4.79 Å². The van der Waals surface area contributed by atoms with Crippen LogP contribution in [-0.2, 0) is 9.53 Å². The minimum Gasteiger partial charge on any atom is -0.479 e. The molecule has 1 amide bonds. The molecule has 1 rings (SSSR count). The maximum Gasteiger partial charge on any atom is 0.408 e. The minimum absolute atomic E-state index is 0.485. The molecule has 3 N–H and O–H groups in total. The number of carboxylic acids is 1. The van der Waals surface area contributed by atoms with Gasteiger partial charge in [-0.15, -0.1) is 0 Å². The molecular weight excluding hydrogens is 274 g/mol. The van der Waals surface area contributed by atoms with Gasteiger partial charge in [0.05, 0.1) is 6.04 Å². The van der Waals surface area contributed by atoms with Gasteiger partial charge in [0, 0.05) is 0 Å². The zero-order valence-electron chi connectivity index (χ0n) is 12.4. The first kappa shape index (κ1) is 17.0. The van der Waals surface area contributed by atoms with Gasteiger partial charge in [-0.3, -0.25) is 0 Å². The SMILES string of the molecule is CCC(C)(C)OC(=O)N[C@@H](c1ccccc1)[C@@H](O)C(=O)O. The van der Waals surface area contributed by atoms with Crippen LogP contribution < -0.4 is 5.32 Å². The van der Waals surface area contributed by atoms with Crippen molar-refractivity contribution in [3.63, 3.8) is 0 Å². The number of amides is 1. The van der Waals surface area contributed by atoms with Crippen LogP contribution in [-0.4, -0.2) is 34.0 Å². The number of benzene rings is 1. The average molecular weight is 295 g/mol. The highest BCUT2D eigenvalue weighted by atomic mass is 16.6. The molecule has 0 spiro atoms. The number of alkyl carbamates (subject to hydrolysis) is 1. The highest BCUT2D eigenvalue weighted by Crippen LogP contribution is 2.19. The lowest BCUT2D eigenvalue weighted by Gasteiger charge is -2.27. The third kappa shape index (κ3) is 5.07. The molecule has 0 saturated heterocycles. The van der Waals surface area contributed by atoms with E-state index < -0.39 is 29.8 Å².